The molecule has 1 spiro atoms. The van der Waals surface area contributed by atoms with E-state index in [-0.39, 0.29) is 48.8 Å². The van der Waals surface area contributed by atoms with E-state index < -0.39 is 40.2 Å². The third-order valence-corrected chi connectivity index (χ3v) is 11.5. The molecule has 9 aliphatic rings. The van der Waals surface area contributed by atoms with Gasteiger partial charge in [-0.2, -0.15) is 0 Å². The standard InChI is InChI=1S/C23H35NO7/c1-4-24-18-22-11-7-10-12(29-2)8-21(27,14(11)15(10)26)23(18,28)17(30-3)16(22)20(9-25)6-5-13(22)31-19(20)24/h10-19,25-28H,4-9H2,1-3H3/t10-,11+,12-,13-,14+,15-,16+,17-,18+,19-,20-,21+,22?,23-/m0/s1. The minimum Gasteiger partial charge on any atom is -0.396 e. The Labute approximate surface area is 182 Å². The predicted molar refractivity (Wildman–Crippen MR) is 107 cm³/mol. The Hall–Kier alpha value is -0.320. The van der Waals surface area contributed by atoms with Gasteiger partial charge in [0.25, 0.3) is 0 Å². The zero-order chi connectivity index (χ0) is 21.7. The summed E-state index contributed by atoms with van der Waals surface area (Å²) >= 11 is 0. The second kappa shape index (κ2) is 5.66. The van der Waals surface area contributed by atoms with Crippen molar-refractivity contribution in [3.8, 4) is 0 Å². The molecule has 0 radical (unpaired) electrons. The van der Waals surface area contributed by atoms with E-state index in [1.165, 1.54) is 0 Å². The molecule has 31 heavy (non-hydrogen) atoms. The first-order valence-corrected chi connectivity index (χ1v) is 12.0. The van der Waals surface area contributed by atoms with Crippen LogP contribution >= 0.6 is 0 Å². The number of likely N-dealkylation sites (N-methyl/N-ethyl adjacent to an activating group) is 1. The van der Waals surface area contributed by atoms with Crippen molar-refractivity contribution in [3.05, 3.63) is 0 Å². The van der Waals surface area contributed by atoms with Gasteiger partial charge >= 0.3 is 0 Å². The molecule has 0 aromatic rings. The average molecular weight is 438 g/mol. The van der Waals surface area contributed by atoms with Crippen LogP contribution in [-0.4, -0.2) is 101 Å². The maximum atomic E-state index is 12.7. The fourth-order valence-electron chi connectivity index (χ4n) is 11.0. The van der Waals surface area contributed by atoms with Gasteiger partial charge in [0, 0.05) is 49.2 Å². The monoisotopic (exact) mass is 437 g/mol. The van der Waals surface area contributed by atoms with Crippen LogP contribution in [0, 0.1) is 34.5 Å². The molecule has 174 valence electrons. The van der Waals surface area contributed by atoms with Crippen LogP contribution in [0.3, 0.4) is 0 Å². The minimum atomic E-state index is -1.57. The van der Waals surface area contributed by atoms with Gasteiger partial charge < -0.3 is 34.6 Å². The van der Waals surface area contributed by atoms with Crippen LogP contribution in [0.1, 0.15) is 32.6 Å². The molecule has 1 unspecified atom stereocenters. The predicted octanol–water partition coefficient (Wildman–Crippen LogP) is -0.673. The number of aliphatic hydroxyl groups excluding tert-OH is 2. The Balaban J connectivity index is 1.56. The van der Waals surface area contributed by atoms with Crippen molar-refractivity contribution in [2.24, 2.45) is 34.5 Å². The summed E-state index contributed by atoms with van der Waals surface area (Å²) in [6, 6.07) is -0.323. The van der Waals surface area contributed by atoms with Crippen LogP contribution in [0.4, 0.5) is 0 Å². The van der Waals surface area contributed by atoms with Crippen molar-refractivity contribution in [1.82, 2.24) is 4.90 Å². The van der Waals surface area contributed by atoms with Gasteiger partial charge in [0.05, 0.1) is 37.1 Å². The molecule has 8 heteroatoms. The van der Waals surface area contributed by atoms with Crippen LogP contribution in [-0.2, 0) is 14.2 Å². The van der Waals surface area contributed by atoms with E-state index in [4.69, 9.17) is 14.2 Å². The van der Waals surface area contributed by atoms with Gasteiger partial charge in [-0.3, -0.25) is 4.90 Å². The third-order valence-electron chi connectivity index (χ3n) is 11.5. The van der Waals surface area contributed by atoms with E-state index in [2.05, 4.69) is 11.8 Å². The SMILES string of the molecule is CCN1[C@H]2O[C@H]3CC[C@]2(CO)[C@H]2[C@H](OC)[C@]4(O)[C@H]1C32[C@@H]1C[C@@H]2[C@H](O)[C@@H]1[C@]4(O)C[C@@H]2OC. The summed E-state index contributed by atoms with van der Waals surface area (Å²) in [5.41, 5.74) is -4.09. The minimum absolute atomic E-state index is 0.0143. The number of methoxy groups -OCH3 is 2. The quantitative estimate of drug-likeness (QED) is 0.458. The van der Waals surface area contributed by atoms with Crippen LogP contribution in [0.25, 0.3) is 0 Å². The molecule has 9 bridgehead atoms. The number of fused-ring (bicyclic) bond motifs is 3. The number of ether oxygens (including phenoxy) is 3. The van der Waals surface area contributed by atoms with Crippen molar-refractivity contribution in [3.63, 3.8) is 0 Å². The van der Waals surface area contributed by atoms with E-state index in [0.29, 0.717) is 13.0 Å². The van der Waals surface area contributed by atoms with E-state index in [1.807, 2.05) is 0 Å². The van der Waals surface area contributed by atoms with Gasteiger partial charge in [-0.15, -0.1) is 0 Å². The molecule has 0 aromatic heterocycles. The molecule has 9 rings (SSSR count). The molecule has 4 heterocycles. The highest BCUT2D eigenvalue weighted by Crippen LogP contribution is 2.83. The molecule has 0 aromatic carbocycles. The number of hydrogen-bond donors (Lipinski definition) is 4. The van der Waals surface area contributed by atoms with E-state index in [1.54, 1.807) is 14.2 Å². The lowest BCUT2D eigenvalue weighted by atomic mass is 9.41. The van der Waals surface area contributed by atoms with Crippen molar-refractivity contribution in [1.29, 1.82) is 0 Å². The van der Waals surface area contributed by atoms with E-state index in [0.717, 1.165) is 19.3 Å². The van der Waals surface area contributed by atoms with Crippen LogP contribution in [0.15, 0.2) is 0 Å². The molecule has 14 atom stereocenters. The second-order valence-electron chi connectivity index (χ2n) is 11.5. The Morgan fingerprint density at radius 3 is 2.61 bits per heavy atom. The normalized spacial score (nSPS) is 67.5. The maximum absolute atomic E-state index is 12.7. The summed E-state index contributed by atoms with van der Waals surface area (Å²) in [6.45, 7) is 2.69. The number of piperidine rings is 1. The Morgan fingerprint density at radius 1 is 1.19 bits per heavy atom. The summed E-state index contributed by atoms with van der Waals surface area (Å²) < 4.78 is 18.6. The molecular formula is C23H35NO7. The van der Waals surface area contributed by atoms with E-state index in [9.17, 15) is 20.4 Å². The number of hydrogen-bond acceptors (Lipinski definition) is 8. The van der Waals surface area contributed by atoms with E-state index >= 15 is 0 Å². The summed E-state index contributed by atoms with van der Waals surface area (Å²) in [7, 11) is 3.25. The Bertz CT molecular complexity index is 828. The molecule has 5 aliphatic carbocycles. The maximum Gasteiger partial charge on any atom is 0.136 e. The second-order valence-corrected chi connectivity index (χ2v) is 11.5. The fraction of sp³-hybridized carbons (Fsp3) is 1.00. The lowest BCUT2D eigenvalue weighted by molar-refractivity contribution is -0.410. The first-order chi connectivity index (χ1) is 14.8. The Kier molecular flexibility index (Phi) is 3.67. The lowest BCUT2D eigenvalue weighted by Crippen LogP contribution is -2.86. The molecule has 4 saturated heterocycles. The smallest absolute Gasteiger partial charge is 0.136 e. The summed E-state index contributed by atoms with van der Waals surface area (Å²) in [4.78, 5) is 2.22. The van der Waals surface area contributed by atoms with Crippen molar-refractivity contribution in [2.45, 2.75) is 80.5 Å². The van der Waals surface area contributed by atoms with Gasteiger partial charge in [0.2, 0.25) is 0 Å². The molecule has 5 saturated carbocycles. The molecule has 4 aliphatic heterocycles. The highest BCUT2D eigenvalue weighted by Gasteiger charge is 2.94. The first kappa shape index (κ1) is 20.1. The lowest BCUT2D eigenvalue weighted by Gasteiger charge is -2.76. The Morgan fingerprint density at radius 2 is 1.97 bits per heavy atom. The molecule has 9 fully saturated rings. The summed E-state index contributed by atoms with van der Waals surface area (Å²) in [6.07, 6.45) is 0.687. The van der Waals surface area contributed by atoms with Gasteiger partial charge in [-0.25, -0.2) is 0 Å². The molecular weight excluding hydrogens is 402 g/mol. The van der Waals surface area contributed by atoms with Crippen LogP contribution < -0.4 is 0 Å². The van der Waals surface area contributed by atoms with Gasteiger partial charge in [0.1, 0.15) is 17.4 Å². The molecule has 8 nitrogen and oxygen atoms in total. The zero-order valence-electron chi connectivity index (χ0n) is 18.5. The van der Waals surface area contributed by atoms with Gasteiger partial charge in [-0.05, 0) is 31.7 Å². The largest absolute Gasteiger partial charge is 0.396 e. The van der Waals surface area contributed by atoms with Gasteiger partial charge in [-0.1, -0.05) is 6.92 Å². The average Bonchev–Trinajstić information content (AvgIpc) is 3.16. The third kappa shape index (κ3) is 1.61. The zero-order valence-corrected chi connectivity index (χ0v) is 18.5. The first-order valence-electron chi connectivity index (χ1n) is 12.0. The fourth-order valence-corrected chi connectivity index (χ4v) is 11.0. The molecule has 0 amide bonds. The highest BCUT2D eigenvalue weighted by molar-refractivity contribution is 5.43. The number of nitrogens with zero attached hydrogens (tertiary/aromatic N) is 1. The number of aliphatic hydroxyl groups is 4. The summed E-state index contributed by atoms with van der Waals surface area (Å²) in [5.74, 6) is -0.631. The van der Waals surface area contributed by atoms with Crippen molar-refractivity contribution < 1.29 is 34.6 Å². The topological polar surface area (TPSA) is 112 Å². The highest BCUT2D eigenvalue weighted by atomic mass is 16.5. The number of rotatable bonds is 4. The van der Waals surface area contributed by atoms with Gasteiger partial charge in [0.15, 0.2) is 0 Å². The van der Waals surface area contributed by atoms with Crippen molar-refractivity contribution >= 4 is 0 Å². The van der Waals surface area contributed by atoms with Crippen molar-refractivity contribution in [2.75, 3.05) is 27.4 Å². The summed E-state index contributed by atoms with van der Waals surface area (Å²) in [5, 5.41) is 47.4. The van der Waals surface area contributed by atoms with Crippen LogP contribution in [0.2, 0.25) is 0 Å². The molecule has 4 N–H and O–H groups in total. The van der Waals surface area contributed by atoms with Crippen LogP contribution in [0.5, 0.6) is 0 Å².